The van der Waals surface area contributed by atoms with Gasteiger partial charge in [0.15, 0.2) is 0 Å². The maximum atomic E-state index is 11.3. The lowest BCUT2D eigenvalue weighted by Crippen LogP contribution is -2.11. The summed E-state index contributed by atoms with van der Waals surface area (Å²) in [6.45, 7) is 3.95. The zero-order chi connectivity index (χ0) is 15.8. The minimum Gasteiger partial charge on any atom is -0.456 e. The van der Waals surface area contributed by atoms with E-state index in [1.165, 1.54) is 12.1 Å². The summed E-state index contributed by atoms with van der Waals surface area (Å²) in [6, 6.07) is 8.20. The van der Waals surface area contributed by atoms with Crippen LogP contribution in [-0.4, -0.2) is 8.42 Å². The van der Waals surface area contributed by atoms with E-state index in [9.17, 15) is 8.42 Å². The highest BCUT2D eigenvalue weighted by Crippen LogP contribution is 2.34. The van der Waals surface area contributed by atoms with Gasteiger partial charge in [0.2, 0.25) is 10.0 Å². The standard InChI is InChI=1S/C14H13Br2NO3S/c1-8-5-10(6-9(2)14(8)16)20-13-4-3-11(7-12(13)15)21(17,18)19/h3-7H,1-2H3,(H2,17,18,19). The van der Waals surface area contributed by atoms with Crippen LogP contribution in [0.2, 0.25) is 0 Å². The van der Waals surface area contributed by atoms with Crippen LogP contribution in [0.1, 0.15) is 11.1 Å². The highest BCUT2D eigenvalue weighted by atomic mass is 79.9. The first kappa shape index (κ1) is 16.5. The summed E-state index contributed by atoms with van der Waals surface area (Å²) in [4.78, 5) is 0.0323. The van der Waals surface area contributed by atoms with Gasteiger partial charge in [0.25, 0.3) is 0 Å². The van der Waals surface area contributed by atoms with Crippen molar-refractivity contribution in [2.45, 2.75) is 18.7 Å². The first-order valence-corrected chi connectivity index (χ1v) is 9.08. The van der Waals surface area contributed by atoms with Crippen molar-refractivity contribution < 1.29 is 13.2 Å². The predicted molar refractivity (Wildman–Crippen MR) is 89.2 cm³/mol. The fraction of sp³-hybridized carbons (Fsp3) is 0.143. The van der Waals surface area contributed by atoms with Crippen molar-refractivity contribution in [3.8, 4) is 11.5 Å². The Hall–Kier alpha value is -0.890. The van der Waals surface area contributed by atoms with Crippen molar-refractivity contribution in [1.29, 1.82) is 0 Å². The monoisotopic (exact) mass is 433 g/mol. The van der Waals surface area contributed by atoms with Gasteiger partial charge in [-0.2, -0.15) is 0 Å². The minimum absolute atomic E-state index is 0.0323. The third-order valence-corrected chi connectivity index (χ3v) is 5.65. The van der Waals surface area contributed by atoms with E-state index in [0.717, 1.165) is 15.6 Å². The van der Waals surface area contributed by atoms with Crippen LogP contribution in [0.3, 0.4) is 0 Å². The second-order valence-corrected chi connectivity index (χ2v) is 7.82. The molecule has 0 unspecified atom stereocenters. The van der Waals surface area contributed by atoms with Crippen LogP contribution in [0.4, 0.5) is 0 Å². The molecule has 0 spiro atoms. The summed E-state index contributed by atoms with van der Waals surface area (Å²) >= 11 is 6.79. The average molecular weight is 435 g/mol. The average Bonchev–Trinajstić information content (AvgIpc) is 2.37. The normalized spacial score (nSPS) is 11.5. The summed E-state index contributed by atoms with van der Waals surface area (Å²) in [6.07, 6.45) is 0. The van der Waals surface area contributed by atoms with E-state index in [1.54, 1.807) is 6.07 Å². The summed E-state index contributed by atoms with van der Waals surface area (Å²) in [5, 5.41) is 5.09. The van der Waals surface area contributed by atoms with Crippen LogP contribution in [-0.2, 0) is 10.0 Å². The number of ether oxygens (including phenoxy) is 1. The van der Waals surface area contributed by atoms with Crippen LogP contribution in [0, 0.1) is 13.8 Å². The molecule has 0 saturated carbocycles. The van der Waals surface area contributed by atoms with Crippen molar-refractivity contribution >= 4 is 41.9 Å². The SMILES string of the molecule is Cc1cc(Oc2ccc(S(N)(=O)=O)cc2Br)cc(C)c1Br. The fourth-order valence-electron chi connectivity index (χ4n) is 1.83. The molecular formula is C14H13Br2NO3S. The second kappa shape index (κ2) is 6.08. The molecule has 0 aliphatic rings. The lowest BCUT2D eigenvalue weighted by molar-refractivity contribution is 0.478. The zero-order valence-corrected chi connectivity index (χ0v) is 15.3. The number of benzene rings is 2. The molecule has 0 aliphatic carbocycles. The molecule has 0 saturated heterocycles. The van der Waals surface area contributed by atoms with Crippen LogP contribution < -0.4 is 9.88 Å². The smallest absolute Gasteiger partial charge is 0.238 e. The molecule has 0 heterocycles. The molecule has 21 heavy (non-hydrogen) atoms. The summed E-state index contributed by atoms with van der Waals surface area (Å²) < 4.78 is 29.9. The van der Waals surface area contributed by atoms with E-state index in [0.29, 0.717) is 16.0 Å². The Labute approximate surface area is 140 Å². The third kappa shape index (κ3) is 3.85. The molecule has 4 nitrogen and oxygen atoms in total. The number of sulfonamides is 1. The Morgan fingerprint density at radius 1 is 1.05 bits per heavy atom. The van der Waals surface area contributed by atoms with Crippen LogP contribution in [0.25, 0.3) is 0 Å². The molecule has 2 rings (SSSR count). The topological polar surface area (TPSA) is 69.4 Å². The summed E-state index contributed by atoms with van der Waals surface area (Å²) in [5.74, 6) is 1.20. The van der Waals surface area contributed by atoms with Gasteiger partial charge < -0.3 is 4.74 Å². The summed E-state index contributed by atoms with van der Waals surface area (Å²) in [5.41, 5.74) is 2.12. The molecule has 0 atom stereocenters. The molecule has 0 bridgehead atoms. The van der Waals surface area contributed by atoms with E-state index in [2.05, 4.69) is 31.9 Å². The molecule has 0 radical (unpaired) electrons. The van der Waals surface area contributed by atoms with Gasteiger partial charge in [0.1, 0.15) is 11.5 Å². The Bertz CT molecular complexity index is 781. The molecule has 0 aliphatic heterocycles. The highest BCUT2D eigenvalue weighted by molar-refractivity contribution is 9.10. The van der Waals surface area contributed by atoms with Crippen molar-refractivity contribution in [2.24, 2.45) is 5.14 Å². The van der Waals surface area contributed by atoms with Gasteiger partial charge in [0.05, 0.1) is 9.37 Å². The molecule has 112 valence electrons. The third-order valence-electron chi connectivity index (χ3n) is 2.87. The number of halogens is 2. The van der Waals surface area contributed by atoms with Crippen LogP contribution in [0.5, 0.6) is 11.5 Å². The number of primary sulfonamides is 1. The first-order chi connectivity index (χ1) is 9.68. The molecule has 2 aromatic carbocycles. The van der Waals surface area contributed by atoms with Gasteiger partial charge in [-0.05, 0) is 71.2 Å². The van der Waals surface area contributed by atoms with E-state index in [-0.39, 0.29) is 4.90 Å². The fourth-order valence-corrected chi connectivity index (χ4v) is 3.21. The number of nitrogens with two attached hydrogens (primary N) is 1. The minimum atomic E-state index is -3.73. The van der Waals surface area contributed by atoms with E-state index in [1.807, 2.05) is 26.0 Å². The zero-order valence-electron chi connectivity index (χ0n) is 11.4. The van der Waals surface area contributed by atoms with Crippen molar-refractivity contribution in [1.82, 2.24) is 0 Å². The van der Waals surface area contributed by atoms with Crippen LogP contribution >= 0.6 is 31.9 Å². The lowest BCUT2D eigenvalue weighted by atomic mass is 10.1. The molecule has 2 aromatic rings. The van der Waals surface area contributed by atoms with Crippen LogP contribution in [0.15, 0.2) is 44.2 Å². The molecule has 0 aromatic heterocycles. The van der Waals surface area contributed by atoms with Gasteiger partial charge in [-0.3, -0.25) is 0 Å². The predicted octanol–water partition coefficient (Wildman–Crippen LogP) is 4.27. The molecule has 2 N–H and O–H groups in total. The number of hydrogen-bond donors (Lipinski definition) is 1. The quantitative estimate of drug-likeness (QED) is 0.784. The number of aryl methyl sites for hydroxylation is 2. The largest absolute Gasteiger partial charge is 0.456 e. The van der Waals surface area contributed by atoms with Gasteiger partial charge in [0, 0.05) is 4.47 Å². The second-order valence-electron chi connectivity index (χ2n) is 4.61. The molecule has 7 heteroatoms. The first-order valence-electron chi connectivity index (χ1n) is 5.95. The maximum absolute atomic E-state index is 11.3. The molecular weight excluding hydrogens is 422 g/mol. The van der Waals surface area contributed by atoms with Gasteiger partial charge >= 0.3 is 0 Å². The van der Waals surface area contributed by atoms with Crippen molar-refractivity contribution in [2.75, 3.05) is 0 Å². The van der Waals surface area contributed by atoms with E-state index >= 15 is 0 Å². The Morgan fingerprint density at radius 3 is 2.10 bits per heavy atom. The molecule has 0 amide bonds. The highest BCUT2D eigenvalue weighted by Gasteiger charge is 2.12. The number of hydrogen-bond acceptors (Lipinski definition) is 3. The van der Waals surface area contributed by atoms with E-state index in [4.69, 9.17) is 9.88 Å². The van der Waals surface area contributed by atoms with Crippen molar-refractivity contribution in [3.05, 3.63) is 50.4 Å². The Morgan fingerprint density at radius 2 is 1.62 bits per heavy atom. The van der Waals surface area contributed by atoms with E-state index < -0.39 is 10.0 Å². The van der Waals surface area contributed by atoms with Gasteiger partial charge in [-0.1, -0.05) is 15.9 Å². The maximum Gasteiger partial charge on any atom is 0.238 e. The van der Waals surface area contributed by atoms with Gasteiger partial charge in [-0.15, -0.1) is 0 Å². The lowest BCUT2D eigenvalue weighted by Gasteiger charge is -2.11. The Balaban J connectivity index is 2.37. The van der Waals surface area contributed by atoms with Gasteiger partial charge in [-0.25, -0.2) is 13.6 Å². The molecule has 0 fully saturated rings. The summed E-state index contributed by atoms with van der Waals surface area (Å²) in [7, 11) is -3.73. The number of rotatable bonds is 3. The Kier molecular flexibility index (Phi) is 4.77. The van der Waals surface area contributed by atoms with Crippen molar-refractivity contribution in [3.63, 3.8) is 0 Å².